The number of nitrogens with one attached hydrogen (secondary N) is 1. The lowest BCUT2D eigenvalue weighted by Crippen LogP contribution is -2.44. The fourth-order valence-electron chi connectivity index (χ4n) is 2.38. The summed E-state index contributed by atoms with van der Waals surface area (Å²) < 4.78 is 0. The lowest BCUT2D eigenvalue weighted by atomic mass is 9.89. The molecule has 21 heavy (non-hydrogen) atoms. The average molecular weight is 299 g/mol. The molecule has 0 saturated carbocycles. The van der Waals surface area contributed by atoms with Gasteiger partial charge in [-0.15, -0.1) is 0 Å². The summed E-state index contributed by atoms with van der Waals surface area (Å²) in [5.41, 5.74) is -1.18. The lowest BCUT2D eigenvalue weighted by molar-refractivity contribution is -0.149. The Kier molecular flexibility index (Phi) is 5.71. The summed E-state index contributed by atoms with van der Waals surface area (Å²) in [4.78, 5) is 38.3. The summed E-state index contributed by atoms with van der Waals surface area (Å²) in [6, 6.07) is -0.476. The molecule has 0 radical (unpaired) electrons. The largest absolute Gasteiger partial charge is 0.481 e. The van der Waals surface area contributed by atoms with E-state index in [1.54, 1.807) is 7.05 Å². The Hall–Kier alpha value is -1.63. The van der Waals surface area contributed by atoms with E-state index in [0.717, 1.165) is 19.5 Å². The second kappa shape index (κ2) is 6.89. The van der Waals surface area contributed by atoms with Gasteiger partial charge in [0.15, 0.2) is 0 Å². The highest BCUT2D eigenvalue weighted by molar-refractivity contribution is 5.96. The first-order chi connectivity index (χ1) is 9.61. The van der Waals surface area contributed by atoms with E-state index in [4.69, 9.17) is 5.11 Å². The molecule has 0 spiro atoms. The van der Waals surface area contributed by atoms with Gasteiger partial charge in [0.25, 0.3) is 0 Å². The van der Waals surface area contributed by atoms with Gasteiger partial charge in [-0.3, -0.25) is 14.9 Å². The fraction of sp³-hybridized carbons (Fsp3) is 0.786. The van der Waals surface area contributed by atoms with E-state index in [1.165, 1.54) is 18.7 Å². The predicted octanol–water partition coefficient (Wildman–Crippen LogP) is 0.607. The van der Waals surface area contributed by atoms with Gasteiger partial charge in [-0.25, -0.2) is 4.79 Å². The van der Waals surface area contributed by atoms with E-state index >= 15 is 0 Å². The number of urea groups is 1. The summed E-state index contributed by atoms with van der Waals surface area (Å²) in [6.07, 6.45) is 0.808. The number of hydrogen-bond donors (Lipinski definition) is 2. The van der Waals surface area contributed by atoms with E-state index in [1.807, 2.05) is 7.05 Å². The molecule has 0 aliphatic carbocycles. The highest BCUT2D eigenvalue weighted by atomic mass is 16.4. The Morgan fingerprint density at radius 3 is 2.48 bits per heavy atom. The van der Waals surface area contributed by atoms with Gasteiger partial charge in [0.2, 0.25) is 5.91 Å². The molecule has 120 valence electrons. The van der Waals surface area contributed by atoms with E-state index in [-0.39, 0.29) is 6.42 Å². The van der Waals surface area contributed by atoms with Crippen LogP contribution in [0.25, 0.3) is 0 Å². The molecule has 7 heteroatoms. The van der Waals surface area contributed by atoms with Crippen LogP contribution >= 0.6 is 0 Å². The van der Waals surface area contributed by atoms with Gasteiger partial charge in [0, 0.05) is 26.6 Å². The minimum absolute atomic E-state index is 0.228. The number of aliphatic carboxylic acids is 1. The Morgan fingerprint density at radius 1 is 1.38 bits per heavy atom. The quantitative estimate of drug-likeness (QED) is 0.776. The molecule has 0 aromatic carbocycles. The third-order valence-electron chi connectivity index (χ3n) is 3.80. The fourth-order valence-corrected chi connectivity index (χ4v) is 2.38. The highest BCUT2D eigenvalue weighted by Crippen LogP contribution is 2.20. The van der Waals surface area contributed by atoms with Crippen LogP contribution in [0.4, 0.5) is 4.79 Å². The van der Waals surface area contributed by atoms with Crippen molar-refractivity contribution in [2.75, 3.05) is 33.7 Å². The molecule has 1 rings (SSSR count). The number of hydrogen-bond acceptors (Lipinski definition) is 4. The first kappa shape index (κ1) is 17.4. The third kappa shape index (κ3) is 5.34. The average Bonchev–Trinajstić information content (AvgIpc) is 2.73. The van der Waals surface area contributed by atoms with Gasteiger partial charge >= 0.3 is 12.0 Å². The molecule has 1 aliphatic rings. The number of carboxylic acids is 1. The van der Waals surface area contributed by atoms with Gasteiger partial charge in [-0.2, -0.15) is 0 Å². The van der Waals surface area contributed by atoms with Gasteiger partial charge in [0.05, 0.1) is 5.41 Å². The zero-order valence-corrected chi connectivity index (χ0v) is 13.2. The molecule has 3 amide bonds. The van der Waals surface area contributed by atoms with Crippen LogP contribution in [0.1, 0.15) is 26.7 Å². The first-order valence-corrected chi connectivity index (χ1v) is 7.08. The Bertz CT molecular complexity index is 422. The number of rotatable bonds is 5. The summed E-state index contributed by atoms with van der Waals surface area (Å²) in [7, 11) is 3.68. The van der Waals surface area contributed by atoms with Crippen LogP contribution < -0.4 is 5.32 Å². The standard InChI is InChI=1S/C14H25N3O4/c1-14(2,12(19)20)7-11(18)15-13(21)17(4)9-10-5-6-16(3)8-10/h10H,5-9H2,1-4H3,(H,19,20)(H,15,18,21). The molecule has 1 aliphatic heterocycles. The van der Waals surface area contributed by atoms with Crippen LogP contribution in [0, 0.1) is 11.3 Å². The Balaban J connectivity index is 2.41. The lowest BCUT2D eigenvalue weighted by Gasteiger charge is -2.22. The van der Waals surface area contributed by atoms with Crippen molar-refractivity contribution in [1.29, 1.82) is 0 Å². The molecular weight excluding hydrogens is 274 g/mol. The van der Waals surface area contributed by atoms with E-state index in [2.05, 4.69) is 10.2 Å². The molecule has 1 heterocycles. The summed E-state index contributed by atoms with van der Waals surface area (Å²) >= 11 is 0. The molecule has 0 bridgehead atoms. The van der Waals surface area contributed by atoms with Crippen LogP contribution in [-0.4, -0.2) is 66.5 Å². The van der Waals surface area contributed by atoms with E-state index in [9.17, 15) is 14.4 Å². The Morgan fingerprint density at radius 2 is 2.00 bits per heavy atom. The van der Waals surface area contributed by atoms with E-state index in [0.29, 0.717) is 12.5 Å². The molecule has 1 unspecified atom stereocenters. The summed E-state index contributed by atoms with van der Waals surface area (Å²) in [5, 5.41) is 11.2. The SMILES string of the molecule is CN1CCC(CN(C)C(=O)NC(=O)CC(C)(C)C(=O)O)C1. The van der Waals surface area contributed by atoms with Crippen LogP contribution in [0.3, 0.4) is 0 Å². The second-order valence-corrected chi connectivity index (χ2v) is 6.52. The van der Waals surface area contributed by atoms with Gasteiger partial charge in [-0.1, -0.05) is 0 Å². The third-order valence-corrected chi connectivity index (χ3v) is 3.80. The summed E-state index contributed by atoms with van der Waals surface area (Å²) in [6.45, 7) is 5.46. The van der Waals surface area contributed by atoms with Crippen LogP contribution in [-0.2, 0) is 9.59 Å². The smallest absolute Gasteiger partial charge is 0.323 e. The monoisotopic (exact) mass is 299 g/mol. The first-order valence-electron chi connectivity index (χ1n) is 7.08. The number of carbonyl (C=O) groups is 3. The maximum absolute atomic E-state index is 11.9. The topological polar surface area (TPSA) is 90.0 Å². The maximum Gasteiger partial charge on any atom is 0.323 e. The minimum Gasteiger partial charge on any atom is -0.481 e. The van der Waals surface area contributed by atoms with Gasteiger partial charge < -0.3 is 14.9 Å². The molecule has 1 atom stereocenters. The number of likely N-dealkylation sites (tertiary alicyclic amines) is 1. The number of nitrogens with zero attached hydrogens (tertiary/aromatic N) is 2. The van der Waals surface area contributed by atoms with Crippen molar-refractivity contribution in [3.8, 4) is 0 Å². The van der Waals surface area contributed by atoms with Crippen molar-refractivity contribution < 1.29 is 19.5 Å². The van der Waals surface area contributed by atoms with Gasteiger partial charge in [-0.05, 0) is 39.8 Å². The Labute approximate surface area is 125 Å². The molecule has 1 saturated heterocycles. The molecule has 7 nitrogen and oxygen atoms in total. The zero-order valence-electron chi connectivity index (χ0n) is 13.2. The molecule has 2 N–H and O–H groups in total. The van der Waals surface area contributed by atoms with Crippen LogP contribution in [0.15, 0.2) is 0 Å². The maximum atomic E-state index is 11.9. The van der Waals surface area contributed by atoms with Crippen molar-refractivity contribution in [1.82, 2.24) is 15.1 Å². The van der Waals surface area contributed by atoms with Crippen molar-refractivity contribution >= 4 is 17.9 Å². The van der Waals surface area contributed by atoms with Crippen molar-refractivity contribution in [2.45, 2.75) is 26.7 Å². The number of amides is 3. The number of carboxylic acid groups (broad SMARTS) is 1. The number of imide groups is 1. The normalized spacial score (nSPS) is 19.3. The highest BCUT2D eigenvalue weighted by Gasteiger charge is 2.31. The second-order valence-electron chi connectivity index (χ2n) is 6.52. The summed E-state index contributed by atoms with van der Waals surface area (Å²) in [5.74, 6) is -1.22. The molecule has 0 aromatic rings. The van der Waals surface area contributed by atoms with Crippen molar-refractivity contribution in [2.24, 2.45) is 11.3 Å². The van der Waals surface area contributed by atoms with Crippen molar-refractivity contribution in [3.05, 3.63) is 0 Å². The van der Waals surface area contributed by atoms with Crippen LogP contribution in [0.5, 0.6) is 0 Å². The molecule has 0 aromatic heterocycles. The van der Waals surface area contributed by atoms with Crippen LogP contribution in [0.2, 0.25) is 0 Å². The van der Waals surface area contributed by atoms with Gasteiger partial charge in [0.1, 0.15) is 0 Å². The minimum atomic E-state index is -1.18. The zero-order chi connectivity index (χ0) is 16.2. The van der Waals surface area contributed by atoms with E-state index < -0.39 is 23.3 Å². The molecular formula is C14H25N3O4. The number of carbonyl (C=O) groups excluding carboxylic acids is 2. The van der Waals surface area contributed by atoms with Crippen molar-refractivity contribution in [3.63, 3.8) is 0 Å². The molecule has 1 fully saturated rings. The predicted molar refractivity (Wildman–Crippen MR) is 77.8 cm³/mol.